The number of carbonyl (C=O) groups excluding carboxylic acids is 1. The second-order valence-electron chi connectivity index (χ2n) is 7.07. The fraction of sp³-hybridized carbons (Fsp3) is 0.556. The van der Waals surface area contributed by atoms with Gasteiger partial charge in [0.05, 0.1) is 24.9 Å². The largest absolute Gasteiger partial charge is 0.379 e. The maximum atomic E-state index is 12.8. The highest BCUT2D eigenvalue weighted by Crippen LogP contribution is 2.22. The van der Waals surface area contributed by atoms with Gasteiger partial charge in [0.2, 0.25) is 5.91 Å². The summed E-state index contributed by atoms with van der Waals surface area (Å²) in [6.45, 7) is 7.14. The van der Waals surface area contributed by atoms with E-state index in [1.807, 2.05) is 24.1 Å². The number of nitrogens with zero attached hydrogens (tertiary/aromatic N) is 4. The number of carbonyl (C=O) groups is 1. The third-order valence-corrected chi connectivity index (χ3v) is 5.70. The van der Waals surface area contributed by atoms with E-state index < -0.39 is 0 Å². The number of ether oxygens (including phenoxy) is 1. The van der Waals surface area contributed by atoms with E-state index >= 15 is 0 Å². The molecule has 2 aliphatic heterocycles. The average Bonchev–Trinajstić information content (AvgIpc) is 3.12. The highest BCUT2D eigenvalue weighted by Gasteiger charge is 2.35. The monoisotopic (exact) mass is 360 g/mol. The fourth-order valence-electron chi connectivity index (χ4n) is 3.73. The van der Waals surface area contributed by atoms with Gasteiger partial charge < -0.3 is 9.64 Å². The van der Waals surface area contributed by atoms with Crippen molar-refractivity contribution < 1.29 is 9.53 Å². The second-order valence-corrected chi connectivity index (χ2v) is 7.85. The number of hydrogen-bond acceptors (Lipinski definition) is 5. The van der Waals surface area contributed by atoms with Crippen LogP contribution in [0, 0.1) is 12.8 Å². The van der Waals surface area contributed by atoms with Crippen LogP contribution in [0.1, 0.15) is 11.3 Å². The summed E-state index contributed by atoms with van der Waals surface area (Å²) in [6.07, 6.45) is 1.87. The summed E-state index contributed by atoms with van der Waals surface area (Å²) in [5, 5.41) is 8.67. The zero-order chi connectivity index (χ0) is 17.2. The maximum Gasteiger partial charge on any atom is 0.244 e. The molecule has 0 N–H and O–H groups in total. The zero-order valence-electron chi connectivity index (χ0n) is 14.5. The molecule has 0 spiro atoms. The predicted molar refractivity (Wildman–Crippen MR) is 96.4 cm³/mol. The van der Waals surface area contributed by atoms with Crippen LogP contribution in [0.2, 0.25) is 0 Å². The Kier molecular flexibility index (Phi) is 4.87. The molecule has 4 rings (SSSR count). The van der Waals surface area contributed by atoms with Crippen LogP contribution in [-0.2, 0) is 22.6 Å². The van der Waals surface area contributed by atoms with Gasteiger partial charge in [-0.2, -0.15) is 16.4 Å². The van der Waals surface area contributed by atoms with E-state index in [0.29, 0.717) is 19.1 Å². The smallest absolute Gasteiger partial charge is 0.244 e. The van der Waals surface area contributed by atoms with Crippen LogP contribution < -0.4 is 0 Å². The van der Waals surface area contributed by atoms with Gasteiger partial charge >= 0.3 is 0 Å². The van der Waals surface area contributed by atoms with Crippen LogP contribution in [0.25, 0.3) is 0 Å². The minimum Gasteiger partial charge on any atom is -0.379 e. The van der Waals surface area contributed by atoms with Crippen LogP contribution in [0.3, 0.4) is 0 Å². The van der Waals surface area contributed by atoms with Crippen molar-refractivity contribution in [1.29, 1.82) is 0 Å². The summed E-state index contributed by atoms with van der Waals surface area (Å²) in [5.74, 6) is 0.520. The molecule has 0 unspecified atom stereocenters. The number of aromatic nitrogens is 2. The Bertz CT molecular complexity index is 714. The van der Waals surface area contributed by atoms with Gasteiger partial charge in [0.1, 0.15) is 6.54 Å². The van der Waals surface area contributed by atoms with Crippen LogP contribution >= 0.6 is 11.3 Å². The summed E-state index contributed by atoms with van der Waals surface area (Å²) in [5.41, 5.74) is 2.29. The first-order chi connectivity index (χ1) is 12.2. The Hall–Kier alpha value is -1.70. The lowest BCUT2D eigenvalue weighted by Gasteiger charge is -2.31. The van der Waals surface area contributed by atoms with E-state index in [0.717, 1.165) is 38.5 Å². The normalized spacial score (nSPS) is 24.3. The molecule has 25 heavy (non-hydrogen) atoms. The van der Waals surface area contributed by atoms with Crippen molar-refractivity contribution in [3.63, 3.8) is 0 Å². The lowest BCUT2D eigenvalue weighted by Crippen LogP contribution is -2.46. The molecule has 6 nitrogen and oxygen atoms in total. The van der Waals surface area contributed by atoms with Crippen LogP contribution in [0.4, 0.5) is 0 Å². The molecule has 0 aromatic carbocycles. The number of rotatable bonds is 4. The molecular formula is C18H24N4O2S. The van der Waals surface area contributed by atoms with Crippen molar-refractivity contribution in [3.05, 3.63) is 40.3 Å². The van der Waals surface area contributed by atoms with E-state index in [-0.39, 0.29) is 11.9 Å². The maximum absolute atomic E-state index is 12.8. The first-order valence-electron chi connectivity index (χ1n) is 8.78. The molecule has 2 aromatic rings. The highest BCUT2D eigenvalue weighted by atomic mass is 32.1. The number of fused-ring (bicyclic) bond motifs is 3. The second kappa shape index (κ2) is 7.27. The first-order valence-corrected chi connectivity index (χ1v) is 9.72. The molecule has 2 fully saturated rings. The lowest BCUT2D eigenvalue weighted by atomic mass is 10.1. The number of thiophene rings is 1. The topological polar surface area (TPSA) is 50.6 Å². The highest BCUT2D eigenvalue weighted by molar-refractivity contribution is 7.07. The molecule has 2 bridgehead atoms. The van der Waals surface area contributed by atoms with Crippen LogP contribution in [0.15, 0.2) is 29.1 Å². The molecule has 0 radical (unpaired) electrons. The molecule has 134 valence electrons. The van der Waals surface area contributed by atoms with Gasteiger partial charge in [0, 0.05) is 38.3 Å². The van der Waals surface area contributed by atoms with E-state index in [1.54, 1.807) is 16.0 Å². The molecule has 1 amide bonds. The Morgan fingerprint density at radius 1 is 1.32 bits per heavy atom. The SMILES string of the molecule is Cc1ccn(CC(=O)N2C[C@@H]3COC[C@H](C2)N(Cc2ccsc2)C3)n1. The number of aryl methyl sites for hydroxylation is 1. The van der Waals surface area contributed by atoms with Crippen molar-refractivity contribution >= 4 is 17.2 Å². The van der Waals surface area contributed by atoms with Crippen molar-refractivity contribution in [2.24, 2.45) is 5.92 Å². The minimum atomic E-state index is 0.150. The summed E-state index contributed by atoms with van der Waals surface area (Å²) < 4.78 is 7.60. The quantitative estimate of drug-likeness (QED) is 0.831. The molecule has 0 saturated carbocycles. The van der Waals surface area contributed by atoms with Gasteiger partial charge in [-0.15, -0.1) is 0 Å². The molecule has 2 saturated heterocycles. The van der Waals surface area contributed by atoms with E-state index in [9.17, 15) is 4.79 Å². The number of amides is 1. The Morgan fingerprint density at radius 2 is 2.24 bits per heavy atom. The van der Waals surface area contributed by atoms with Gasteiger partial charge in [-0.05, 0) is 35.4 Å². The van der Waals surface area contributed by atoms with Crippen molar-refractivity contribution in [1.82, 2.24) is 19.6 Å². The summed E-state index contributed by atoms with van der Waals surface area (Å²) >= 11 is 1.74. The van der Waals surface area contributed by atoms with E-state index in [4.69, 9.17) is 4.74 Å². The molecule has 0 aliphatic carbocycles. The number of hydrogen-bond donors (Lipinski definition) is 0. The Balaban J connectivity index is 1.46. The summed E-state index contributed by atoms with van der Waals surface area (Å²) in [7, 11) is 0. The van der Waals surface area contributed by atoms with Crippen molar-refractivity contribution in [3.8, 4) is 0 Å². The van der Waals surface area contributed by atoms with Gasteiger partial charge in [-0.25, -0.2) is 0 Å². The summed E-state index contributed by atoms with van der Waals surface area (Å²) in [4.78, 5) is 17.3. The van der Waals surface area contributed by atoms with E-state index in [1.165, 1.54) is 5.56 Å². The first kappa shape index (κ1) is 16.8. The van der Waals surface area contributed by atoms with Crippen molar-refractivity contribution in [2.45, 2.75) is 26.1 Å². The fourth-order valence-corrected chi connectivity index (χ4v) is 4.39. The van der Waals surface area contributed by atoms with Crippen LogP contribution in [0.5, 0.6) is 0 Å². The average molecular weight is 360 g/mol. The van der Waals surface area contributed by atoms with Gasteiger partial charge in [0.25, 0.3) is 0 Å². The lowest BCUT2D eigenvalue weighted by molar-refractivity contribution is -0.134. The Labute approximate surface area is 152 Å². The zero-order valence-corrected chi connectivity index (χ0v) is 15.3. The van der Waals surface area contributed by atoms with E-state index in [2.05, 4.69) is 26.8 Å². The Morgan fingerprint density at radius 3 is 3.00 bits per heavy atom. The van der Waals surface area contributed by atoms with Gasteiger partial charge in [-0.1, -0.05) is 0 Å². The molecule has 2 aliphatic rings. The van der Waals surface area contributed by atoms with Gasteiger partial charge in [-0.3, -0.25) is 14.4 Å². The van der Waals surface area contributed by atoms with Crippen LogP contribution in [-0.4, -0.2) is 64.4 Å². The standard InChI is InChI=1S/C18H24N4O2S/c1-14-2-4-22(19-14)10-18(23)21-8-16-7-20(6-15-3-5-25-13-15)17(9-21)12-24-11-16/h2-5,13,16-17H,6-12H2,1H3/t16-,17+/m1/s1. The molecule has 2 aromatic heterocycles. The third kappa shape index (κ3) is 3.94. The molecular weight excluding hydrogens is 336 g/mol. The van der Waals surface area contributed by atoms with Gasteiger partial charge in [0.15, 0.2) is 0 Å². The molecule has 2 atom stereocenters. The van der Waals surface area contributed by atoms with Crippen molar-refractivity contribution in [2.75, 3.05) is 32.8 Å². The third-order valence-electron chi connectivity index (χ3n) is 4.97. The predicted octanol–water partition coefficient (Wildman–Crippen LogP) is 1.61. The minimum absolute atomic E-state index is 0.150. The molecule has 7 heteroatoms. The molecule has 4 heterocycles. The summed E-state index contributed by atoms with van der Waals surface area (Å²) in [6, 6.07) is 4.38.